The number of hydrogen-bond donors (Lipinski definition) is 0. The highest BCUT2D eigenvalue weighted by atomic mass is 127. The number of hydrogen-bond acceptors (Lipinski definition) is 2. The Morgan fingerprint density at radius 1 is 1.58 bits per heavy atom. The Morgan fingerprint density at radius 3 is 2.67 bits per heavy atom. The zero-order chi connectivity index (χ0) is 9.30. The molecule has 64 valence electrons. The number of nitrogens with zero attached hydrogens (tertiary/aromatic N) is 1. The van der Waals surface area contributed by atoms with Gasteiger partial charge in [-0.3, -0.25) is 10.1 Å². The van der Waals surface area contributed by atoms with Crippen LogP contribution in [0.5, 0.6) is 0 Å². The van der Waals surface area contributed by atoms with Crippen LogP contribution in [0.25, 0.3) is 0 Å². The van der Waals surface area contributed by atoms with Gasteiger partial charge in [0.25, 0.3) is 5.69 Å². The minimum absolute atomic E-state index is 0.0468. The van der Waals surface area contributed by atoms with E-state index in [-0.39, 0.29) is 5.69 Å². The molecule has 0 aliphatic heterocycles. The van der Waals surface area contributed by atoms with Gasteiger partial charge >= 0.3 is 0 Å². The van der Waals surface area contributed by atoms with Gasteiger partial charge in [-0.15, -0.1) is 0 Å². The molecular formula is C7H5FINO2. The minimum Gasteiger partial charge on any atom is -0.258 e. The molecule has 0 atom stereocenters. The van der Waals surface area contributed by atoms with Gasteiger partial charge in [-0.05, 0) is 41.1 Å². The lowest BCUT2D eigenvalue weighted by molar-refractivity contribution is -0.385. The summed E-state index contributed by atoms with van der Waals surface area (Å²) >= 11 is 1.74. The normalized spacial score (nSPS) is 9.92. The van der Waals surface area contributed by atoms with E-state index in [1.165, 1.54) is 13.0 Å². The van der Waals surface area contributed by atoms with Crippen molar-refractivity contribution < 1.29 is 9.31 Å². The lowest BCUT2D eigenvalue weighted by atomic mass is 10.2. The van der Waals surface area contributed by atoms with Crippen LogP contribution < -0.4 is 0 Å². The molecule has 0 amide bonds. The van der Waals surface area contributed by atoms with Crippen molar-refractivity contribution in [3.63, 3.8) is 0 Å². The van der Waals surface area contributed by atoms with Crippen molar-refractivity contribution in [2.45, 2.75) is 6.92 Å². The largest absolute Gasteiger partial charge is 0.283 e. The van der Waals surface area contributed by atoms with Gasteiger partial charge in [0, 0.05) is 6.07 Å². The van der Waals surface area contributed by atoms with Gasteiger partial charge in [-0.2, -0.15) is 0 Å². The van der Waals surface area contributed by atoms with Gasteiger partial charge in [0.15, 0.2) is 0 Å². The van der Waals surface area contributed by atoms with E-state index in [1.54, 1.807) is 22.6 Å². The molecular weight excluding hydrogens is 276 g/mol. The number of benzene rings is 1. The fourth-order valence-electron chi connectivity index (χ4n) is 0.782. The molecule has 0 N–H and O–H groups in total. The highest BCUT2D eigenvalue weighted by Gasteiger charge is 2.13. The molecule has 0 saturated carbocycles. The first kappa shape index (κ1) is 9.37. The topological polar surface area (TPSA) is 43.1 Å². The fraction of sp³-hybridized carbons (Fsp3) is 0.143. The summed E-state index contributed by atoms with van der Waals surface area (Å²) in [5.74, 6) is -0.412. The lowest BCUT2D eigenvalue weighted by Crippen LogP contribution is -1.94. The summed E-state index contributed by atoms with van der Waals surface area (Å²) in [7, 11) is 0. The van der Waals surface area contributed by atoms with E-state index in [4.69, 9.17) is 0 Å². The molecule has 0 aliphatic carbocycles. The molecule has 5 heteroatoms. The van der Waals surface area contributed by atoms with Crippen molar-refractivity contribution in [1.82, 2.24) is 0 Å². The Labute approximate surface area is 81.9 Å². The van der Waals surface area contributed by atoms with Gasteiger partial charge in [-0.1, -0.05) is 0 Å². The van der Waals surface area contributed by atoms with E-state index < -0.39 is 10.7 Å². The molecule has 0 heterocycles. The van der Waals surface area contributed by atoms with E-state index in [1.807, 2.05) is 0 Å². The minimum atomic E-state index is -0.520. The Balaban J connectivity index is 3.33. The number of nitro groups is 1. The Kier molecular flexibility index (Phi) is 2.61. The zero-order valence-electron chi connectivity index (χ0n) is 6.17. The van der Waals surface area contributed by atoms with E-state index in [0.29, 0.717) is 9.13 Å². The summed E-state index contributed by atoms with van der Waals surface area (Å²) in [6, 6.07) is 2.39. The van der Waals surface area contributed by atoms with Crippen LogP contribution in [-0.2, 0) is 0 Å². The molecule has 0 unspecified atom stereocenters. The van der Waals surface area contributed by atoms with Crippen molar-refractivity contribution in [3.8, 4) is 0 Å². The van der Waals surface area contributed by atoms with Crippen molar-refractivity contribution in [2.24, 2.45) is 0 Å². The summed E-state index contributed by atoms with van der Waals surface area (Å²) in [4.78, 5) is 9.84. The summed E-state index contributed by atoms with van der Waals surface area (Å²) < 4.78 is 13.1. The molecule has 0 saturated heterocycles. The predicted molar refractivity (Wildman–Crippen MR) is 50.5 cm³/mol. The quantitative estimate of drug-likeness (QED) is 0.451. The van der Waals surface area contributed by atoms with Crippen molar-refractivity contribution in [1.29, 1.82) is 0 Å². The summed E-state index contributed by atoms with van der Waals surface area (Å²) in [6.07, 6.45) is 0. The molecule has 0 radical (unpaired) electrons. The third kappa shape index (κ3) is 1.71. The molecule has 3 nitrogen and oxygen atoms in total. The molecule has 12 heavy (non-hydrogen) atoms. The molecule has 0 aliphatic rings. The van der Waals surface area contributed by atoms with Crippen LogP contribution in [0.3, 0.4) is 0 Å². The monoisotopic (exact) mass is 281 g/mol. The number of rotatable bonds is 1. The van der Waals surface area contributed by atoms with Crippen LogP contribution in [0.15, 0.2) is 12.1 Å². The maximum absolute atomic E-state index is 12.8. The van der Waals surface area contributed by atoms with Crippen molar-refractivity contribution in [2.75, 3.05) is 0 Å². The van der Waals surface area contributed by atoms with E-state index in [9.17, 15) is 14.5 Å². The third-order valence-corrected chi connectivity index (χ3v) is 2.29. The number of aryl methyl sites for hydroxylation is 1. The average Bonchev–Trinajstić information content (AvgIpc) is 1.96. The zero-order valence-corrected chi connectivity index (χ0v) is 8.33. The van der Waals surface area contributed by atoms with Crippen molar-refractivity contribution in [3.05, 3.63) is 37.2 Å². The second-order valence-electron chi connectivity index (χ2n) is 2.31. The molecule has 0 fully saturated rings. The second-order valence-corrected chi connectivity index (χ2v) is 3.47. The van der Waals surface area contributed by atoms with Gasteiger partial charge in [-0.25, -0.2) is 4.39 Å². The van der Waals surface area contributed by atoms with Gasteiger partial charge in [0.1, 0.15) is 5.82 Å². The molecule has 0 bridgehead atoms. The smallest absolute Gasteiger partial charge is 0.258 e. The van der Waals surface area contributed by atoms with Crippen LogP contribution in [0, 0.1) is 26.4 Å². The number of halogens is 2. The Bertz CT molecular complexity index is 340. The Morgan fingerprint density at radius 2 is 2.17 bits per heavy atom. The van der Waals surface area contributed by atoms with Crippen LogP contribution in [0.1, 0.15) is 5.56 Å². The highest BCUT2D eigenvalue weighted by molar-refractivity contribution is 14.1. The maximum Gasteiger partial charge on any atom is 0.283 e. The fourth-order valence-corrected chi connectivity index (χ4v) is 1.41. The average molecular weight is 281 g/mol. The van der Waals surface area contributed by atoms with E-state index in [2.05, 4.69) is 0 Å². The second kappa shape index (κ2) is 3.34. The molecule has 0 aromatic heterocycles. The van der Waals surface area contributed by atoms with Gasteiger partial charge < -0.3 is 0 Å². The lowest BCUT2D eigenvalue weighted by Gasteiger charge is -1.98. The van der Waals surface area contributed by atoms with Gasteiger partial charge in [0.05, 0.1) is 8.49 Å². The Hall–Kier alpha value is -0.720. The molecule has 1 aromatic carbocycles. The van der Waals surface area contributed by atoms with Gasteiger partial charge in [0.2, 0.25) is 0 Å². The van der Waals surface area contributed by atoms with Crippen molar-refractivity contribution >= 4 is 28.3 Å². The SMILES string of the molecule is Cc1cc([N+](=O)[O-])c(I)cc1F. The van der Waals surface area contributed by atoms with Crippen LogP contribution in [0.4, 0.5) is 10.1 Å². The molecule has 1 aromatic rings. The predicted octanol–water partition coefficient (Wildman–Crippen LogP) is 2.65. The first-order chi connectivity index (χ1) is 5.52. The van der Waals surface area contributed by atoms with E-state index >= 15 is 0 Å². The van der Waals surface area contributed by atoms with Crippen LogP contribution in [0.2, 0.25) is 0 Å². The number of nitro benzene ring substituents is 1. The van der Waals surface area contributed by atoms with E-state index in [0.717, 1.165) is 6.07 Å². The van der Waals surface area contributed by atoms with Crippen LogP contribution in [-0.4, -0.2) is 4.92 Å². The highest BCUT2D eigenvalue weighted by Crippen LogP contribution is 2.23. The first-order valence-corrected chi connectivity index (χ1v) is 4.20. The maximum atomic E-state index is 12.8. The van der Waals surface area contributed by atoms with Crippen LogP contribution >= 0.6 is 22.6 Å². The first-order valence-electron chi connectivity index (χ1n) is 3.12. The summed E-state index contributed by atoms with van der Waals surface area (Å²) in [5, 5.41) is 10.4. The molecule has 0 spiro atoms. The summed E-state index contributed by atoms with van der Waals surface area (Å²) in [6.45, 7) is 1.50. The standard InChI is InChI=1S/C7H5FINO2/c1-4-2-7(10(11)12)6(9)3-5(4)8/h2-3H,1H3. The summed E-state index contributed by atoms with van der Waals surface area (Å²) in [5.41, 5.74) is 0.247. The third-order valence-electron chi connectivity index (χ3n) is 1.42. The molecule has 1 rings (SSSR count).